The molecule has 7 heterocycles. The smallest absolute Gasteiger partial charge is 0.319 e. The maximum Gasteiger partial charge on any atom is 0.319 e. The molecular weight excluding hydrogens is 635 g/mol. The second-order valence-corrected chi connectivity index (χ2v) is 13.9. The van der Waals surface area contributed by atoms with Crippen molar-refractivity contribution in [1.82, 2.24) is 25.2 Å². The van der Waals surface area contributed by atoms with Gasteiger partial charge in [0, 0.05) is 44.4 Å². The van der Waals surface area contributed by atoms with Crippen molar-refractivity contribution in [3.05, 3.63) is 34.5 Å². The molecule has 10 nitrogen and oxygen atoms in total. The van der Waals surface area contributed by atoms with E-state index in [4.69, 9.17) is 22.1 Å². The van der Waals surface area contributed by atoms with Crippen LogP contribution in [0.5, 0.6) is 6.01 Å². The van der Waals surface area contributed by atoms with Crippen molar-refractivity contribution in [2.75, 3.05) is 50.0 Å². The fourth-order valence-corrected chi connectivity index (χ4v) is 8.28. The number of benzene rings is 1. The first-order valence-electron chi connectivity index (χ1n) is 16.5. The summed E-state index contributed by atoms with van der Waals surface area (Å²) in [4.78, 5) is 29.8. The molecule has 1 amide bonds. The van der Waals surface area contributed by atoms with Crippen LogP contribution in [-0.2, 0) is 11.2 Å². The first-order chi connectivity index (χ1) is 22.5. The van der Waals surface area contributed by atoms with Crippen molar-refractivity contribution < 1.29 is 27.8 Å². The summed E-state index contributed by atoms with van der Waals surface area (Å²) in [7, 11) is 0. The largest absolute Gasteiger partial charge is 0.461 e. The van der Waals surface area contributed by atoms with E-state index >= 15 is 8.78 Å². The summed E-state index contributed by atoms with van der Waals surface area (Å²) in [6.07, 6.45) is 4.00. The maximum atomic E-state index is 16.8. The summed E-state index contributed by atoms with van der Waals surface area (Å²) in [6, 6.07) is 2.49. The zero-order chi connectivity index (χ0) is 32.9. The summed E-state index contributed by atoms with van der Waals surface area (Å²) in [5.74, 6) is -1.71. The highest BCUT2D eigenvalue weighted by molar-refractivity contribution is 6.30. The Bertz CT molecular complexity index is 1720. The molecule has 0 aliphatic carbocycles. The number of fused-ring (bicyclic) bond motifs is 9. The van der Waals surface area contributed by atoms with Crippen LogP contribution >= 0.6 is 11.6 Å². The van der Waals surface area contributed by atoms with Gasteiger partial charge in [0.2, 0.25) is 5.91 Å². The molecule has 6 bridgehead atoms. The Hall–Kier alpha value is -3.42. The number of hydrogen-bond donors (Lipinski definition) is 3. The first-order valence-corrected chi connectivity index (χ1v) is 16.8. The van der Waals surface area contributed by atoms with Gasteiger partial charge in [-0.05, 0) is 81.2 Å². The van der Waals surface area contributed by atoms with Gasteiger partial charge >= 0.3 is 6.01 Å². The quantitative estimate of drug-likeness (QED) is 0.338. The van der Waals surface area contributed by atoms with Crippen LogP contribution in [0.2, 0.25) is 5.15 Å². The van der Waals surface area contributed by atoms with E-state index in [0.717, 1.165) is 19.4 Å². The number of carbonyl (C=O) groups excluding carboxylic acids is 1. The number of halogens is 4. The number of amides is 1. The van der Waals surface area contributed by atoms with Crippen molar-refractivity contribution in [1.29, 1.82) is 0 Å². The molecule has 47 heavy (non-hydrogen) atoms. The molecule has 2 aromatic heterocycles. The molecule has 0 spiro atoms. The van der Waals surface area contributed by atoms with Gasteiger partial charge in [0.15, 0.2) is 5.82 Å². The summed E-state index contributed by atoms with van der Waals surface area (Å²) in [6.45, 7) is 2.11. The molecule has 8 rings (SSSR count). The number of aliphatic hydroxyl groups is 1. The molecule has 1 unspecified atom stereocenters. The Kier molecular flexibility index (Phi) is 8.58. The molecule has 0 saturated carbocycles. The number of hydrogen-bond acceptors (Lipinski definition) is 9. The van der Waals surface area contributed by atoms with Crippen LogP contribution in [-0.4, -0.2) is 87.5 Å². The van der Waals surface area contributed by atoms with Crippen LogP contribution in [0.4, 0.5) is 24.8 Å². The average Bonchev–Trinajstić information content (AvgIpc) is 3.54. The molecule has 0 radical (unpaired) electrons. The molecule has 1 aromatic carbocycles. The number of aromatic nitrogens is 3. The second-order valence-electron chi connectivity index (χ2n) is 13.6. The minimum absolute atomic E-state index is 0.00253. The van der Waals surface area contributed by atoms with Crippen molar-refractivity contribution in [2.24, 2.45) is 0 Å². The topological polar surface area (TPSA) is 130 Å². The van der Waals surface area contributed by atoms with Crippen molar-refractivity contribution in [3.8, 4) is 17.1 Å². The second kappa shape index (κ2) is 12.6. The number of rotatable bonds is 3. The number of anilines is 2. The lowest BCUT2D eigenvalue weighted by atomic mass is 9.89. The van der Waals surface area contributed by atoms with E-state index in [1.165, 1.54) is 12.1 Å². The van der Waals surface area contributed by atoms with Crippen LogP contribution < -0.4 is 20.7 Å². The lowest BCUT2D eigenvalue weighted by Gasteiger charge is -2.40. The van der Waals surface area contributed by atoms with Crippen LogP contribution in [0, 0.1) is 11.6 Å². The van der Waals surface area contributed by atoms with Crippen LogP contribution in [0.15, 0.2) is 12.1 Å². The molecule has 4 N–H and O–H groups in total. The summed E-state index contributed by atoms with van der Waals surface area (Å²) >= 11 is 6.50. The lowest BCUT2D eigenvalue weighted by Crippen LogP contribution is -2.50. The minimum Gasteiger partial charge on any atom is -0.461 e. The summed E-state index contributed by atoms with van der Waals surface area (Å²) in [5.41, 5.74) is 4.41. The Labute approximate surface area is 275 Å². The number of nitrogens with zero attached hydrogens (tertiary/aromatic N) is 5. The fraction of sp³-hybridized carbons (Fsp3) is 0.576. The zero-order valence-electron chi connectivity index (χ0n) is 26.1. The fourth-order valence-electron chi connectivity index (χ4n) is 7.99. The van der Waals surface area contributed by atoms with Gasteiger partial charge in [-0.2, -0.15) is 9.97 Å². The van der Waals surface area contributed by atoms with E-state index in [0.29, 0.717) is 63.6 Å². The first kappa shape index (κ1) is 32.1. The molecule has 252 valence electrons. The molecule has 3 aromatic rings. The lowest BCUT2D eigenvalue weighted by molar-refractivity contribution is -0.121. The SMILES string of the molecule is Nc1cc2c(c(Cl)n1)CCCCC(=O)NCCC1(O)CCCN(C1)c1nc(OC[C@@]34CCCN3C[C@H](F)C4)nc3c(F)c-2c(F)cc13. The predicted molar refractivity (Wildman–Crippen MR) is 172 cm³/mol. The third-order valence-corrected chi connectivity index (χ3v) is 10.6. The number of nitrogens with two attached hydrogens (primary N) is 1. The molecule has 5 aliphatic rings. The van der Waals surface area contributed by atoms with Gasteiger partial charge in [0.1, 0.15) is 40.9 Å². The Morgan fingerprint density at radius 3 is 2.74 bits per heavy atom. The van der Waals surface area contributed by atoms with E-state index in [1.54, 1.807) is 4.90 Å². The highest BCUT2D eigenvalue weighted by atomic mass is 35.5. The molecule has 3 atom stereocenters. The van der Waals surface area contributed by atoms with E-state index in [9.17, 15) is 14.3 Å². The molecular formula is C33H39ClF3N7O3. The maximum absolute atomic E-state index is 16.8. The normalized spacial score (nSPS) is 27.0. The standard InChI is InChI=1S/C33H39ClF3N7O3/c34-29-20-5-1-2-6-25(45)39-10-9-33(46)8-4-11-43(17-33)30-22-13-23(36)26(21(20)14-24(38)40-29)27(37)28(22)41-31(42-30)47-18-32-7-3-12-44(32)16-19(35)15-32/h13-14,19,46H,1-12,15-18H2,(H2,38,40)(H,39,45)/t19-,32+,33?/m1/s1. The number of nitrogens with one attached hydrogen (secondary N) is 1. The number of ether oxygens (including phenoxy) is 1. The number of piperidine rings is 1. The van der Waals surface area contributed by atoms with Crippen molar-refractivity contribution >= 4 is 40.0 Å². The van der Waals surface area contributed by atoms with Gasteiger partial charge in [-0.3, -0.25) is 9.69 Å². The monoisotopic (exact) mass is 673 g/mol. The predicted octanol–water partition coefficient (Wildman–Crippen LogP) is 4.72. The van der Waals surface area contributed by atoms with Crippen LogP contribution in [0.3, 0.4) is 0 Å². The third-order valence-electron chi connectivity index (χ3n) is 10.3. The Balaban J connectivity index is 1.37. The number of pyridine rings is 1. The van der Waals surface area contributed by atoms with Gasteiger partial charge in [0.25, 0.3) is 0 Å². The highest BCUT2D eigenvalue weighted by Gasteiger charge is 2.49. The van der Waals surface area contributed by atoms with E-state index in [-0.39, 0.29) is 76.9 Å². The van der Waals surface area contributed by atoms with E-state index < -0.39 is 28.9 Å². The van der Waals surface area contributed by atoms with Crippen LogP contribution in [0.25, 0.3) is 22.0 Å². The van der Waals surface area contributed by atoms with Crippen molar-refractivity contribution in [2.45, 2.75) is 81.5 Å². The van der Waals surface area contributed by atoms with E-state index in [1.807, 2.05) is 0 Å². The van der Waals surface area contributed by atoms with Crippen molar-refractivity contribution in [3.63, 3.8) is 0 Å². The molecule has 5 aliphatic heterocycles. The number of carbonyl (C=O) groups is 1. The molecule has 3 fully saturated rings. The van der Waals surface area contributed by atoms with Gasteiger partial charge in [0.05, 0.1) is 16.7 Å². The summed E-state index contributed by atoms with van der Waals surface area (Å²) in [5, 5.41) is 14.6. The van der Waals surface area contributed by atoms with Gasteiger partial charge in [-0.1, -0.05) is 11.6 Å². The van der Waals surface area contributed by atoms with Gasteiger partial charge in [-0.15, -0.1) is 0 Å². The van der Waals surface area contributed by atoms with E-state index in [2.05, 4.69) is 25.2 Å². The van der Waals surface area contributed by atoms with Gasteiger partial charge in [-0.25, -0.2) is 18.2 Å². The number of nitrogen functional groups attached to an aromatic ring is 1. The van der Waals surface area contributed by atoms with Gasteiger partial charge < -0.3 is 25.8 Å². The molecule has 3 saturated heterocycles. The zero-order valence-corrected chi connectivity index (χ0v) is 26.9. The summed E-state index contributed by atoms with van der Waals surface area (Å²) < 4.78 is 53.7. The van der Waals surface area contributed by atoms with Crippen LogP contribution in [0.1, 0.15) is 63.4 Å². The third kappa shape index (κ3) is 6.17. The number of alkyl halides is 1. The minimum atomic E-state index is -1.17. The molecule has 14 heteroatoms. The Morgan fingerprint density at radius 2 is 1.89 bits per heavy atom. The Morgan fingerprint density at radius 1 is 1.09 bits per heavy atom. The highest BCUT2D eigenvalue weighted by Crippen LogP contribution is 2.42. The average molecular weight is 674 g/mol.